The van der Waals surface area contributed by atoms with Crippen molar-refractivity contribution in [2.75, 3.05) is 19.5 Å². The van der Waals surface area contributed by atoms with E-state index in [1.165, 1.54) is 7.11 Å². The maximum atomic E-state index is 4.65. The average Bonchev–Trinajstić information content (AvgIpc) is 2.15. The third-order valence-electron chi connectivity index (χ3n) is 1.19. The van der Waals surface area contributed by atoms with Gasteiger partial charge in [0.05, 0.1) is 24.0 Å². The van der Waals surface area contributed by atoms with Crippen molar-refractivity contribution >= 4 is 17.9 Å². The van der Waals surface area contributed by atoms with Crippen molar-refractivity contribution < 1.29 is 9.22 Å². The smallest absolute Gasteiger partial charge is 0.125 e. The minimum atomic E-state index is 0.830. The van der Waals surface area contributed by atoms with E-state index in [-0.39, 0.29) is 0 Å². The van der Waals surface area contributed by atoms with Gasteiger partial charge in [0.2, 0.25) is 0 Å². The molecule has 5 heteroatoms. The third kappa shape index (κ3) is 2.69. The fourth-order valence-electron chi connectivity index (χ4n) is 0.651. The van der Waals surface area contributed by atoms with Crippen LogP contribution in [-0.2, 0) is 9.22 Å². The highest BCUT2D eigenvalue weighted by Gasteiger charge is 1.95. The standard InChI is InChI=1S/C7H10N2O2S/c1-8-7-4-3-6(5-9-7)12-11-10-2/h3-5H,1-2H3,(H,8,9). The molecule has 0 radical (unpaired) electrons. The van der Waals surface area contributed by atoms with Crippen LogP contribution in [0.5, 0.6) is 0 Å². The van der Waals surface area contributed by atoms with E-state index >= 15 is 0 Å². The summed E-state index contributed by atoms with van der Waals surface area (Å²) >= 11 is 1.13. The average molecular weight is 186 g/mol. The predicted octanol–water partition coefficient (Wildman–Crippen LogP) is 1.71. The number of rotatable bonds is 4. The first-order valence-corrected chi connectivity index (χ1v) is 4.12. The highest BCUT2D eigenvalue weighted by atomic mass is 32.2. The first-order chi connectivity index (χ1) is 5.86. The van der Waals surface area contributed by atoms with Crippen LogP contribution in [0.25, 0.3) is 0 Å². The molecule has 0 fully saturated rings. The maximum Gasteiger partial charge on any atom is 0.125 e. The Hall–Kier alpha value is -0.780. The Bertz CT molecular complexity index is 227. The molecule has 0 amide bonds. The lowest BCUT2D eigenvalue weighted by Gasteiger charge is -2.00. The summed E-state index contributed by atoms with van der Waals surface area (Å²) in [5.41, 5.74) is 0. The molecule has 0 aliphatic rings. The molecule has 0 aliphatic carbocycles. The zero-order valence-electron chi connectivity index (χ0n) is 6.90. The van der Waals surface area contributed by atoms with E-state index in [0.717, 1.165) is 22.8 Å². The van der Waals surface area contributed by atoms with Gasteiger partial charge in [-0.25, -0.2) is 9.87 Å². The zero-order valence-corrected chi connectivity index (χ0v) is 7.72. The second-order valence-electron chi connectivity index (χ2n) is 1.95. The number of nitrogens with one attached hydrogen (secondary N) is 1. The minimum Gasteiger partial charge on any atom is -0.373 e. The van der Waals surface area contributed by atoms with E-state index in [2.05, 4.69) is 19.5 Å². The fourth-order valence-corrected chi connectivity index (χ4v) is 1.02. The molecule has 66 valence electrons. The van der Waals surface area contributed by atoms with Gasteiger partial charge in [0.15, 0.2) is 0 Å². The van der Waals surface area contributed by atoms with Gasteiger partial charge < -0.3 is 5.32 Å². The van der Waals surface area contributed by atoms with Crippen LogP contribution in [0.3, 0.4) is 0 Å². The summed E-state index contributed by atoms with van der Waals surface area (Å²) in [5.74, 6) is 0.830. The van der Waals surface area contributed by atoms with Crippen molar-refractivity contribution in [2.45, 2.75) is 4.90 Å². The molecule has 1 aromatic heterocycles. The molecule has 1 aromatic rings. The molecule has 0 unspecified atom stereocenters. The van der Waals surface area contributed by atoms with E-state index in [1.54, 1.807) is 6.20 Å². The molecule has 1 N–H and O–H groups in total. The van der Waals surface area contributed by atoms with Gasteiger partial charge in [-0.2, -0.15) is 4.33 Å². The summed E-state index contributed by atoms with van der Waals surface area (Å²) in [5, 5.41) is 2.92. The van der Waals surface area contributed by atoms with Crippen LogP contribution in [0, 0.1) is 0 Å². The summed E-state index contributed by atoms with van der Waals surface area (Å²) in [6, 6.07) is 3.75. The Labute approximate surface area is 75.4 Å². The van der Waals surface area contributed by atoms with Crippen LogP contribution >= 0.6 is 12.0 Å². The zero-order chi connectivity index (χ0) is 8.81. The normalized spacial score (nSPS) is 9.83. The molecule has 0 aliphatic heterocycles. The number of anilines is 1. The number of hydrogen-bond acceptors (Lipinski definition) is 5. The van der Waals surface area contributed by atoms with E-state index in [9.17, 15) is 0 Å². The Morgan fingerprint density at radius 3 is 2.83 bits per heavy atom. The van der Waals surface area contributed by atoms with E-state index < -0.39 is 0 Å². The van der Waals surface area contributed by atoms with Crippen LogP contribution in [0.2, 0.25) is 0 Å². The highest BCUT2D eigenvalue weighted by molar-refractivity contribution is 7.94. The summed E-state index contributed by atoms with van der Waals surface area (Å²) in [7, 11) is 3.28. The topological polar surface area (TPSA) is 43.4 Å². The van der Waals surface area contributed by atoms with Gasteiger partial charge in [-0.05, 0) is 12.1 Å². The van der Waals surface area contributed by atoms with Crippen LogP contribution in [0.4, 0.5) is 5.82 Å². The van der Waals surface area contributed by atoms with E-state index in [4.69, 9.17) is 0 Å². The van der Waals surface area contributed by atoms with E-state index in [1.807, 2.05) is 19.2 Å². The Kier molecular flexibility index (Phi) is 3.86. The van der Waals surface area contributed by atoms with Crippen LogP contribution in [-0.4, -0.2) is 19.1 Å². The Balaban J connectivity index is 2.53. The van der Waals surface area contributed by atoms with Crippen molar-refractivity contribution in [3.8, 4) is 0 Å². The molecule has 4 nitrogen and oxygen atoms in total. The van der Waals surface area contributed by atoms with Crippen LogP contribution in [0.1, 0.15) is 0 Å². The second-order valence-corrected chi connectivity index (χ2v) is 2.72. The van der Waals surface area contributed by atoms with Crippen molar-refractivity contribution in [1.82, 2.24) is 4.98 Å². The molecule has 12 heavy (non-hydrogen) atoms. The predicted molar refractivity (Wildman–Crippen MR) is 47.7 cm³/mol. The Morgan fingerprint density at radius 1 is 1.50 bits per heavy atom. The summed E-state index contributed by atoms with van der Waals surface area (Å²) in [6.07, 6.45) is 1.70. The summed E-state index contributed by atoms with van der Waals surface area (Å²) in [4.78, 5) is 9.40. The SMILES string of the molecule is CNc1ccc(SOOC)cn1. The lowest BCUT2D eigenvalue weighted by atomic mass is 10.5. The molecule has 1 rings (SSSR count). The summed E-state index contributed by atoms with van der Waals surface area (Å²) < 4.78 is 4.65. The van der Waals surface area contributed by atoms with Gasteiger partial charge in [0.1, 0.15) is 5.82 Å². The first kappa shape index (κ1) is 9.31. The molecular formula is C7H10N2O2S. The third-order valence-corrected chi connectivity index (χ3v) is 1.83. The highest BCUT2D eigenvalue weighted by Crippen LogP contribution is 2.18. The first-order valence-electron chi connectivity index (χ1n) is 3.38. The molecular weight excluding hydrogens is 176 g/mol. The number of pyridine rings is 1. The molecule has 0 saturated heterocycles. The van der Waals surface area contributed by atoms with Gasteiger partial charge in [0, 0.05) is 13.2 Å². The minimum absolute atomic E-state index is 0.830. The van der Waals surface area contributed by atoms with Gasteiger partial charge >= 0.3 is 0 Å². The quantitative estimate of drug-likeness (QED) is 0.440. The van der Waals surface area contributed by atoms with Crippen molar-refractivity contribution in [3.05, 3.63) is 18.3 Å². The summed E-state index contributed by atoms with van der Waals surface area (Å²) in [6.45, 7) is 0. The molecule has 0 atom stereocenters. The molecule has 0 saturated carbocycles. The fraction of sp³-hybridized carbons (Fsp3) is 0.286. The second kappa shape index (κ2) is 4.97. The van der Waals surface area contributed by atoms with Gasteiger partial charge in [0.25, 0.3) is 0 Å². The Morgan fingerprint density at radius 2 is 2.33 bits per heavy atom. The monoisotopic (exact) mass is 186 g/mol. The lowest BCUT2D eigenvalue weighted by molar-refractivity contribution is -0.160. The van der Waals surface area contributed by atoms with Gasteiger partial charge in [-0.15, -0.1) is 0 Å². The molecule has 0 spiro atoms. The lowest BCUT2D eigenvalue weighted by Crippen LogP contribution is -1.90. The van der Waals surface area contributed by atoms with Crippen molar-refractivity contribution in [3.63, 3.8) is 0 Å². The van der Waals surface area contributed by atoms with Gasteiger partial charge in [-0.3, -0.25) is 0 Å². The molecule has 0 bridgehead atoms. The van der Waals surface area contributed by atoms with Crippen molar-refractivity contribution in [1.29, 1.82) is 0 Å². The van der Waals surface area contributed by atoms with E-state index in [0.29, 0.717) is 0 Å². The number of hydrogen-bond donors (Lipinski definition) is 1. The number of aromatic nitrogens is 1. The van der Waals surface area contributed by atoms with Gasteiger partial charge in [-0.1, -0.05) is 0 Å². The largest absolute Gasteiger partial charge is 0.373 e. The number of nitrogens with zero attached hydrogens (tertiary/aromatic N) is 1. The van der Waals surface area contributed by atoms with Crippen molar-refractivity contribution in [2.24, 2.45) is 0 Å². The molecule has 1 heterocycles. The van der Waals surface area contributed by atoms with Crippen LogP contribution < -0.4 is 5.32 Å². The maximum absolute atomic E-state index is 4.65. The van der Waals surface area contributed by atoms with Crippen LogP contribution in [0.15, 0.2) is 23.2 Å². The molecule has 0 aromatic carbocycles.